The minimum atomic E-state index is -3.59. The van der Waals surface area contributed by atoms with Gasteiger partial charge in [-0.15, -0.1) is 0 Å². The molecule has 0 radical (unpaired) electrons. The van der Waals surface area contributed by atoms with E-state index < -0.39 is 21.8 Å². The summed E-state index contributed by atoms with van der Waals surface area (Å²) in [6, 6.07) is 1.26. The van der Waals surface area contributed by atoms with Crippen molar-refractivity contribution in [2.75, 3.05) is 20.5 Å². The molecule has 7 nitrogen and oxygen atoms in total. The highest BCUT2D eigenvalue weighted by atomic mass is 32.2. The Balaban J connectivity index is 3.58. The largest absolute Gasteiger partial charge is 0.495 e. The van der Waals surface area contributed by atoms with Crippen LogP contribution in [0.1, 0.15) is 11.6 Å². The SMILES string of the molecule is COc1cc(C(N)C(=O)O)cc(OC)c1S(C)(=O)=O. The van der Waals surface area contributed by atoms with Gasteiger partial charge < -0.3 is 20.3 Å². The molecule has 0 amide bonds. The second-order valence-electron chi connectivity index (χ2n) is 3.84. The van der Waals surface area contributed by atoms with E-state index in [1.165, 1.54) is 26.4 Å². The fraction of sp³-hybridized carbons (Fsp3) is 0.364. The number of ether oxygens (including phenoxy) is 2. The van der Waals surface area contributed by atoms with E-state index >= 15 is 0 Å². The lowest BCUT2D eigenvalue weighted by Gasteiger charge is -2.15. The lowest BCUT2D eigenvalue weighted by Crippen LogP contribution is -2.21. The Kier molecular flexibility index (Phi) is 4.38. The Morgan fingerprint density at radius 1 is 1.26 bits per heavy atom. The number of carboxylic acids is 1. The fourth-order valence-corrected chi connectivity index (χ4v) is 2.60. The summed E-state index contributed by atoms with van der Waals surface area (Å²) in [4.78, 5) is 10.7. The molecule has 0 bridgehead atoms. The number of carbonyl (C=O) groups is 1. The summed E-state index contributed by atoms with van der Waals surface area (Å²) < 4.78 is 33.4. The molecule has 3 N–H and O–H groups in total. The molecule has 0 aromatic heterocycles. The topological polar surface area (TPSA) is 116 Å². The van der Waals surface area contributed by atoms with Crippen LogP contribution >= 0.6 is 0 Å². The molecule has 0 fully saturated rings. The van der Waals surface area contributed by atoms with Crippen LogP contribution in [0.2, 0.25) is 0 Å². The van der Waals surface area contributed by atoms with Crippen molar-refractivity contribution in [2.24, 2.45) is 5.73 Å². The molecule has 8 heteroatoms. The first-order valence-corrected chi connectivity index (χ1v) is 7.05. The third-order valence-electron chi connectivity index (χ3n) is 2.48. The number of nitrogens with two attached hydrogens (primary N) is 1. The molecule has 1 unspecified atom stereocenters. The quantitative estimate of drug-likeness (QED) is 0.794. The Hall–Kier alpha value is -1.80. The molecule has 0 aliphatic carbocycles. The number of rotatable bonds is 5. The van der Waals surface area contributed by atoms with Crippen molar-refractivity contribution in [2.45, 2.75) is 10.9 Å². The molecule has 0 spiro atoms. The first-order valence-electron chi connectivity index (χ1n) is 5.16. The fourth-order valence-electron chi connectivity index (χ4n) is 1.59. The van der Waals surface area contributed by atoms with E-state index in [1.54, 1.807) is 0 Å². The molecule has 106 valence electrons. The summed E-state index contributed by atoms with van der Waals surface area (Å²) >= 11 is 0. The molecular formula is C11H15NO6S. The summed E-state index contributed by atoms with van der Waals surface area (Å²) in [7, 11) is -1.03. The van der Waals surface area contributed by atoms with Crippen LogP contribution in [-0.2, 0) is 14.6 Å². The molecule has 1 aromatic carbocycles. The standard InChI is InChI=1S/C11H15NO6S/c1-17-7-4-6(9(12)11(13)14)5-8(18-2)10(7)19(3,15)16/h4-5,9H,12H2,1-3H3,(H,13,14). The Labute approximate surface area is 110 Å². The van der Waals surface area contributed by atoms with Gasteiger partial charge in [0.25, 0.3) is 0 Å². The van der Waals surface area contributed by atoms with E-state index in [0.717, 1.165) is 6.26 Å². The van der Waals surface area contributed by atoms with Gasteiger partial charge in [0, 0.05) is 6.26 Å². The summed E-state index contributed by atoms with van der Waals surface area (Å²) in [5, 5.41) is 8.87. The molecule has 0 saturated heterocycles. The third-order valence-corrected chi connectivity index (χ3v) is 3.62. The van der Waals surface area contributed by atoms with Crippen LogP contribution in [0.5, 0.6) is 11.5 Å². The predicted octanol–water partition coefficient (Wildman–Crippen LogP) is 0.192. The van der Waals surface area contributed by atoms with Crippen molar-refractivity contribution in [1.82, 2.24) is 0 Å². The third kappa shape index (κ3) is 3.15. The van der Waals surface area contributed by atoms with E-state index in [1.807, 2.05) is 0 Å². The van der Waals surface area contributed by atoms with Gasteiger partial charge in [-0.1, -0.05) is 0 Å². The second-order valence-corrected chi connectivity index (χ2v) is 5.80. The number of hydrogen-bond donors (Lipinski definition) is 2. The Morgan fingerprint density at radius 3 is 1.95 bits per heavy atom. The Morgan fingerprint density at radius 2 is 1.68 bits per heavy atom. The van der Waals surface area contributed by atoms with Crippen LogP contribution in [0.3, 0.4) is 0 Å². The van der Waals surface area contributed by atoms with Gasteiger partial charge in [-0.25, -0.2) is 8.42 Å². The lowest BCUT2D eigenvalue weighted by molar-refractivity contribution is -0.138. The van der Waals surface area contributed by atoms with Crippen LogP contribution in [-0.4, -0.2) is 40.0 Å². The number of hydrogen-bond acceptors (Lipinski definition) is 6. The number of aliphatic carboxylic acids is 1. The number of carboxylic acid groups (broad SMARTS) is 1. The second kappa shape index (κ2) is 5.45. The maximum absolute atomic E-state index is 11.7. The van der Waals surface area contributed by atoms with Gasteiger partial charge in [0.1, 0.15) is 17.5 Å². The summed E-state index contributed by atoms with van der Waals surface area (Å²) in [5.41, 5.74) is 5.67. The van der Waals surface area contributed by atoms with Crippen molar-refractivity contribution in [3.63, 3.8) is 0 Å². The zero-order valence-electron chi connectivity index (χ0n) is 10.7. The summed E-state index contributed by atoms with van der Waals surface area (Å²) in [6.07, 6.45) is 1.00. The van der Waals surface area contributed by atoms with Crippen LogP contribution in [0, 0.1) is 0 Å². The van der Waals surface area contributed by atoms with Crippen LogP contribution in [0.4, 0.5) is 0 Å². The van der Waals surface area contributed by atoms with Gasteiger partial charge in [-0.2, -0.15) is 0 Å². The van der Waals surface area contributed by atoms with E-state index in [9.17, 15) is 13.2 Å². The van der Waals surface area contributed by atoms with E-state index in [0.29, 0.717) is 0 Å². The van der Waals surface area contributed by atoms with Gasteiger partial charge >= 0.3 is 5.97 Å². The predicted molar refractivity (Wildman–Crippen MR) is 67.2 cm³/mol. The number of benzene rings is 1. The molecule has 0 aliphatic rings. The summed E-state index contributed by atoms with van der Waals surface area (Å²) in [5.74, 6) is -1.25. The highest BCUT2D eigenvalue weighted by molar-refractivity contribution is 7.91. The number of methoxy groups -OCH3 is 2. The molecule has 0 saturated carbocycles. The molecule has 0 aliphatic heterocycles. The highest BCUT2D eigenvalue weighted by Gasteiger charge is 2.25. The minimum absolute atomic E-state index is 0.00597. The van der Waals surface area contributed by atoms with Gasteiger partial charge in [-0.3, -0.25) is 4.79 Å². The van der Waals surface area contributed by atoms with Gasteiger partial charge in [0.05, 0.1) is 14.2 Å². The summed E-state index contributed by atoms with van der Waals surface area (Å²) in [6.45, 7) is 0. The van der Waals surface area contributed by atoms with Gasteiger partial charge in [-0.05, 0) is 17.7 Å². The van der Waals surface area contributed by atoms with Crippen molar-refractivity contribution < 1.29 is 27.8 Å². The van der Waals surface area contributed by atoms with Crippen molar-refractivity contribution >= 4 is 15.8 Å². The molecular weight excluding hydrogens is 274 g/mol. The van der Waals surface area contributed by atoms with Crippen LogP contribution < -0.4 is 15.2 Å². The molecule has 19 heavy (non-hydrogen) atoms. The van der Waals surface area contributed by atoms with Gasteiger partial charge in [0.15, 0.2) is 14.7 Å². The maximum Gasteiger partial charge on any atom is 0.325 e. The molecule has 1 rings (SSSR count). The molecule has 1 atom stereocenters. The van der Waals surface area contributed by atoms with Crippen LogP contribution in [0.25, 0.3) is 0 Å². The zero-order valence-corrected chi connectivity index (χ0v) is 11.5. The zero-order chi connectivity index (χ0) is 14.8. The maximum atomic E-state index is 11.7. The van der Waals surface area contributed by atoms with Crippen molar-refractivity contribution in [3.8, 4) is 11.5 Å². The highest BCUT2D eigenvalue weighted by Crippen LogP contribution is 2.36. The van der Waals surface area contributed by atoms with E-state index in [2.05, 4.69) is 0 Å². The molecule has 0 heterocycles. The normalized spacial score (nSPS) is 12.8. The lowest BCUT2D eigenvalue weighted by atomic mass is 10.1. The Bertz CT molecular complexity index is 570. The monoisotopic (exact) mass is 289 g/mol. The minimum Gasteiger partial charge on any atom is -0.495 e. The number of sulfone groups is 1. The van der Waals surface area contributed by atoms with Gasteiger partial charge in [0.2, 0.25) is 0 Å². The average Bonchev–Trinajstić information content (AvgIpc) is 2.34. The van der Waals surface area contributed by atoms with Crippen molar-refractivity contribution in [3.05, 3.63) is 17.7 Å². The average molecular weight is 289 g/mol. The van der Waals surface area contributed by atoms with E-state index in [-0.39, 0.29) is 22.0 Å². The smallest absolute Gasteiger partial charge is 0.325 e. The first-order chi connectivity index (χ1) is 8.72. The van der Waals surface area contributed by atoms with Crippen molar-refractivity contribution in [1.29, 1.82) is 0 Å². The van der Waals surface area contributed by atoms with E-state index in [4.69, 9.17) is 20.3 Å². The molecule has 1 aromatic rings. The first kappa shape index (κ1) is 15.3. The van der Waals surface area contributed by atoms with Crippen LogP contribution in [0.15, 0.2) is 17.0 Å².